The van der Waals surface area contributed by atoms with Gasteiger partial charge in [0.25, 0.3) is 0 Å². The molecule has 2 heteroatoms. The molecule has 100 valence electrons. The zero-order valence-corrected chi connectivity index (χ0v) is 11.2. The molecule has 0 spiro atoms. The Morgan fingerprint density at radius 2 is 1.75 bits per heavy atom. The van der Waals surface area contributed by atoms with E-state index in [1.165, 1.54) is 0 Å². The van der Waals surface area contributed by atoms with Crippen LogP contribution >= 0.6 is 0 Å². The van der Waals surface area contributed by atoms with E-state index >= 15 is 0 Å². The number of carbonyl (C=O) groups excluding carboxylic acids is 1. The monoisotopic (exact) mass is 264 g/mol. The highest BCUT2D eigenvalue weighted by Gasteiger charge is 2.08. The predicted octanol–water partition coefficient (Wildman–Crippen LogP) is 4.15. The molecular formula is C18H16O2. The van der Waals surface area contributed by atoms with Crippen LogP contribution < -0.4 is 4.74 Å². The van der Waals surface area contributed by atoms with Crippen LogP contribution in [-0.2, 0) is 0 Å². The molecule has 0 heterocycles. The summed E-state index contributed by atoms with van der Waals surface area (Å²) in [5.41, 5.74) is 1.55. The van der Waals surface area contributed by atoms with Gasteiger partial charge in [-0.05, 0) is 23.8 Å². The van der Waals surface area contributed by atoms with Gasteiger partial charge in [0.05, 0.1) is 5.56 Å². The number of hydrogen-bond acceptors (Lipinski definition) is 2. The Morgan fingerprint density at radius 3 is 2.50 bits per heavy atom. The molecule has 0 aliphatic carbocycles. The number of rotatable bonds is 6. The van der Waals surface area contributed by atoms with Crippen molar-refractivity contribution in [3.63, 3.8) is 0 Å². The molecule has 0 bridgehead atoms. The lowest BCUT2D eigenvalue weighted by atomic mass is 10.1. The molecule has 0 fully saturated rings. The maximum atomic E-state index is 12.2. The lowest BCUT2D eigenvalue weighted by molar-refractivity contribution is 0.104. The van der Waals surface area contributed by atoms with Gasteiger partial charge in [-0.2, -0.15) is 0 Å². The second kappa shape index (κ2) is 7.10. The number of ketones is 1. The van der Waals surface area contributed by atoms with Crippen molar-refractivity contribution in [1.29, 1.82) is 0 Å². The summed E-state index contributed by atoms with van der Waals surface area (Å²) in [6.45, 7) is 3.98. The highest BCUT2D eigenvalue weighted by molar-refractivity contribution is 6.08. The molecule has 0 aliphatic rings. The van der Waals surface area contributed by atoms with E-state index in [2.05, 4.69) is 6.58 Å². The third-order valence-corrected chi connectivity index (χ3v) is 2.74. The van der Waals surface area contributed by atoms with E-state index in [0.717, 1.165) is 5.56 Å². The zero-order valence-electron chi connectivity index (χ0n) is 11.2. The predicted molar refractivity (Wildman–Crippen MR) is 81.9 cm³/mol. The van der Waals surface area contributed by atoms with Gasteiger partial charge in [0.15, 0.2) is 5.78 Å². The first-order valence-corrected chi connectivity index (χ1v) is 6.41. The van der Waals surface area contributed by atoms with Gasteiger partial charge >= 0.3 is 0 Å². The highest BCUT2D eigenvalue weighted by Crippen LogP contribution is 2.19. The molecule has 0 aromatic heterocycles. The maximum Gasteiger partial charge on any atom is 0.189 e. The number of para-hydroxylation sites is 1. The van der Waals surface area contributed by atoms with E-state index in [9.17, 15) is 4.79 Å². The molecule has 2 nitrogen and oxygen atoms in total. The first-order valence-electron chi connectivity index (χ1n) is 6.41. The van der Waals surface area contributed by atoms with E-state index in [4.69, 9.17) is 4.74 Å². The lowest BCUT2D eigenvalue weighted by Crippen LogP contribution is -2.01. The molecule has 2 rings (SSSR count). The molecular weight excluding hydrogens is 248 g/mol. The van der Waals surface area contributed by atoms with E-state index < -0.39 is 0 Å². The molecule has 2 aromatic carbocycles. The summed E-state index contributed by atoms with van der Waals surface area (Å²) in [7, 11) is 0. The fourth-order valence-corrected chi connectivity index (χ4v) is 1.77. The molecule has 20 heavy (non-hydrogen) atoms. The molecule has 0 saturated carbocycles. The van der Waals surface area contributed by atoms with Gasteiger partial charge in [0.2, 0.25) is 0 Å². The first-order chi connectivity index (χ1) is 9.81. The molecule has 0 radical (unpaired) electrons. The average Bonchev–Trinajstić information content (AvgIpc) is 2.52. The van der Waals surface area contributed by atoms with Crippen molar-refractivity contribution < 1.29 is 9.53 Å². The van der Waals surface area contributed by atoms with Crippen LogP contribution in [0.5, 0.6) is 5.75 Å². The van der Waals surface area contributed by atoms with Crippen LogP contribution in [0.4, 0.5) is 0 Å². The third kappa shape index (κ3) is 3.69. The van der Waals surface area contributed by atoms with Gasteiger partial charge in [-0.3, -0.25) is 4.79 Å². The Morgan fingerprint density at radius 1 is 1.05 bits per heavy atom. The highest BCUT2D eigenvalue weighted by atomic mass is 16.5. The second-order valence-electron chi connectivity index (χ2n) is 4.20. The number of allylic oxidation sites excluding steroid dienone is 1. The minimum absolute atomic E-state index is 0.0754. The van der Waals surface area contributed by atoms with Crippen molar-refractivity contribution in [3.8, 4) is 5.75 Å². The number of ether oxygens (including phenoxy) is 1. The van der Waals surface area contributed by atoms with Gasteiger partial charge in [0, 0.05) is 0 Å². The molecule has 0 amide bonds. The Bertz CT molecular complexity index is 612. The summed E-state index contributed by atoms with van der Waals surface area (Å²) in [4.78, 5) is 12.2. The largest absolute Gasteiger partial charge is 0.489 e. The first kappa shape index (κ1) is 13.8. The van der Waals surface area contributed by atoms with Crippen LogP contribution in [0.1, 0.15) is 15.9 Å². The van der Waals surface area contributed by atoms with Crippen LogP contribution in [0.3, 0.4) is 0 Å². The molecule has 0 N–H and O–H groups in total. The maximum absolute atomic E-state index is 12.2. The summed E-state index contributed by atoms with van der Waals surface area (Å²) in [6, 6.07) is 16.9. The fraction of sp³-hybridized carbons (Fsp3) is 0.0556. The van der Waals surface area contributed by atoms with Crippen molar-refractivity contribution in [1.82, 2.24) is 0 Å². The topological polar surface area (TPSA) is 26.3 Å². The van der Waals surface area contributed by atoms with Gasteiger partial charge in [-0.25, -0.2) is 0 Å². The minimum Gasteiger partial charge on any atom is -0.489 e. The van der Waals surface area contributed by atoms with E-state index in [1.807, 2.05) is 42.5 Å². The number of benzene rings is 2. The molecule has 0 atom stereocenters. The Hall–Kier alpha value is -2.61. The average molecular weight is 264 g/mol. The van der Waals surface area contributed by atoms with Crippen molar-refractivity contribution in [2.75, 3.05) is 6.61 Å². The van der Waals surface area contributed by atoms with Crippen LogP contribution in [0.25, 0.3) is 6.08 Å². The van der Waals surface area contributed by atoms with Gasteiger partial charge in [0.1, 0.15) is 12.4 Å². The normalized spacial score (nSPS) is 10.4. The smallest absolute Gasteiger partial charge is 0.189 e. The molecule has 2 aromatic rings. The summed E-state index contributed by atoms with van der Waals surface area (Å²) in [5.74, 6) is 0.503. The summed E-state index contributed by atoms with van der Waals surface area (Å²) >= 11 is 0. The SMILES string of the molecule is C=CCOc1ccccc1C(=O)/C=C/c1ccccc1. The quantitative estimate of drug-likeness (QED) is 0.445. The van der Waals surface area contributed by atoms with E-state index in [1.54, 1.807) is 30.4 Å². The van der Waals surface area contributed by atoms with Crippen molar-refractivity contribution in [2.45, 2.75) is 0 Å². The summed E-state index contributed by atoms with van der Waals surface area (Å²) in [6.07, 6.45) is 5.01. The van der Waals surface area contributed by atoms with Crippen molar-refractivity contribution in [2.24, 2.45) is 0 Å². The zero-order chi connectivity index (χ0) is 14.2. The molecule has 0 unspecified atom stereocenters. The van der Waals surface area contributed by atoms with Crippen LogP contribution in [-0.4, -0.2) is 12.4 Å². The third-order valence-electron chi connectivity index (χ3n) is 2.74. The Balaban J connectivity index is 2.17. The summed E-state index contributed by atoms with van der Waals surface area (Å²) in [5, 5.41) is 0. The van der Waals surface area contributed by atoms with Gasteiger partial charge in [-0.15, -0.1) is 0 Å². The van der Waals surface area contributed by atoms with Crippen molar-refractivity contribution >= 4 is 11.9 Å². The number of hydrogen-bond donors (Lipinski definition) is 0. The standard InChI is InChI=1S/C18H16O2/c1-2-14-20-18-11-7-6-10-16(18)17(19)13-12-15-8-4-3-5-9-15/h2-13H,1,14H2/b13-12+. The summed E-state index contributed by atoms with van der Waals surface area (Å²) < 4.78 is 5.49. The van der Waals surface area contributed by atoms with Crippen molar-refractivity contribution in [3.05, 3.63) is 84.5 Å². The lowest BCUT2D eigenvalue weighted by Gasteiger charge is -2.07. The molecule has 0 saturated heterocycles. The Labute approximate surface area is 119 Å². The second-order valence-corrected chi connectivity index (χ2v) is 4.20. The van der Waals surface area contributed by atoms with Crippen LogP contribution in [0, 0.1) is 0 Å². The van der Waals surface area contributed by atoms with Gasteiger partial charge in [-0.1, -0.05) is 61.2 Å². The fourth-order valence-electron chi connectivity index (χ4n) is 1.77. The van der Waals surface area contributed by atoms with E-state index in [-0.39, 0.29) is 5.78 Å². The minimum atomic E-state index is -0.0754. The van der Waals surface area contributed by atoms with Crippen LogP contribution in [0.15, 0.2) is 73.3 Å². The van der Waals surface area contributed by atoms with Gasteiger partial charge < -0.3 is 4.74 Å². The van der Waals surface area contributed by atoms with Crippen LogP contribution in [0.2, 0.25) is 0 Å². The molecule has 0 aliphatic heterocycles. The Kier molecular flexibility index (Phi) is 4.90. The van der Waals surface area contributed by atoms with E-state index in [0.29, 0.717) is 17.9 Å². The number of carbonyl (C=O) groups is 1.